The number of benzene rings is 4. The van der Waals surface area contributed by atoms with Gasteiger partial charge in [-0.3, -0.25) is 0 Å². The van der Waals surface area contributed by atoms with Crippen molar-refractivity contribution in [2.24, 2.45) is 0 Å². The van der Waals surface area contributed by atoms with Crippen LogP contribution in [0.25, 0.3) is 33.4 Å². The molecular weight excluding hydrogens is 403 g/mol. The fraction of sp³-hybridized carbons (Fsp3) is 0.200. The standard InChI is InChI=1S/C30H29BO2/c1-29(2)30(3,4)33-31(32-29)26-18-15-22(16-19-26)25-17-20-27(23-11-7-5-8-12-23)28(21-25)24-13-9-6-10-14-24/h5-21H,1-4H3. The van der Waals surface area contributed by atoms with Crippen molar-refractivity contribution in [1.82, 2.24) is 0 Å². The first-order valence-corrected chi connectivity index (χ1v) is 11.5. The number of hydrogen-bond donors (Lipinski definition) is 0. The van der Waals surface area contributed by atoms with Crippen molar-refractivity contribution in [3.8, 4) is 33.4 Å². The molecule has 33 heavy (non-hydrogen) atoms. The van der Waals surface area contributed by atoms with Crippen molar-refractivity contribution in [2.45, 2.75) is 38.9 Å². The van der Waals surface area contributed by atoms with E-state index in [2.05, 4.69) is 131 Å². The van der Waals surface area contributed by atoms with Crippen LogP contribution in [0.4, 0.5) is 0 Å². The van der Waals surface area contributed by atoms with Gasteiger partial charge in [0, 0.05) is 0 Å². The zero-order valence-electron chi connectivity index (χ0n) is 19.7. The summed E-state index contributed by atoms with van der Waals surface area (Å²) in [5.74, 6) is 0. The molecule has 1 fully saturated rings. The molecule has 164 valence electrons. The molecule has 5 rings (SSSR count). The molecule has 0 atom stereocenters. The van der Waals surface area contributed by atoms with Gasteiger partial charge in [0.15, 0.2) is 0 Å². The van der Waals surface area contributed by atoms with Crippen molar-refractivity contribution < 1.29 is 9.31 Å². The van der Waals surface area contributed by atoms with E-state index in [-0.39, 0.29) is 18.3 Å². The smallest absolute Gasteiger partial charge is 0.399 e. The summed E-state index contributed by atoms with van der Waals surface area (Å²) in [6.45, 7) is 8.34. The van der Waals surface area contributed by atoms with Crippen molar-refractivity contribution in [1.29, 1.82) is 0 Å². The summed E-state index contributed by atoms with van der Waals surface area (Å²) in [5, 5.41) is 0. The monoisotopic (exact) mass is 432 g/mol. The van der Waals surface area contributed by atoms with Crippen LogP contribution in [0.3, 0.4) is 0 Å². The van der Waals surface area contributed by atoms with E-state index in [4.69, 9.17) is 9.31 Å². The van der Waals surface area contributed by atoms with Crippen LogP contribution >= 0.6 is 0 Å². The molecule has 4 aromatic rings. The first-order chi connectivity index (χ1) is 15.8. The van der Waals surface area contributed by atoms with Crippen molar-refractivity contribution in [2.75, 3.05) is 0 Å². The summed E-state index contributed by atoms with van der Waals surface area (Å²) in [7, 11) is -0.343. The summed E-state index contributed by atoms with van der Waals surface area (Å²) in [6, 6.07) is 36.4. The highest BCUT2D eigenvalue weighted by Crippen LogP contribution is 2.37. The molecule has 0 radical (unpaired) electrons. The van der Waals surface area contributed by atoms with Gasteiger partial charge in [-0.15, -0.1) is 0 Å². The fourth-order valence-corrected chi connectivity index (χ4v) is 4.26. The van der Waals surface area contributed by atoms with Gasteiger partial charge in [0.2, 0.25) is 0 Å². The second-order valence-electron chi connectivity index (χ2n) is 9.70. The predicted molar refractivity (Wildman–Crippen MR) is 138 cm³/mol. The summed E-state index contributed by atoms with van der Waals surface area (Å²) >= 11 is 0. The van der Waals surface area contributed by atoms with E-state index < -0.39 is 0 Å². The maximum Gasteiger partial charge on any atom is 0.494 e. The SMILES string of the molecule is CC1(C)OB(c2ccc(-c3ccc(-c4ccccc4)c(-c4ccccc4)c3)cc2)OC1(C)C. The molecule has 4 aromatic carbocycles. The molecule has 2 nitrogen and oxygen atoms in total. The van der Waals surface area contributed by atoms with Crippen molar-refractivity contribution in [3.63, 3.8) is 0 Å². The van der Waals surface area contributed by atoms with Gasteiger partial charge in [-0.2, -0.15) is 0 Å². The Kier molecular flexibility index (Phi) is 5.48. The Hall–Kier alpha value is -3.14. The lowest BCUT2D eigenvalue weighted by Gasteiger charge is -2.32. The molecule has 0 unspecified atom stereocenters. The lowest BCUT2D eigenvalue weighted by Crippen LogP contribution is -2.41. The molecule has 1 heterocycles. The van der Waals surface area contributed by atoms with Crippen LogP contribution < -0.4 is 5.46 Å². The number of hydrogen-bond acceptors (Lipinski definition) is 2. The Bertz CT molecular complexity index is 1230. The van der Waals surface area contributed by atoms with Gasteiger partial charge in [0.25, 0.3) is 0 Å². The fourth-order valence-electron chi connectivity index (χ4n) is 4.26. The second-order valence-corrected chi connectivity index (χ2v) is 9.70. The van der Waals surface area contributed by atoms with E-state index in [1.54, 1.807) is 0 Å². The van der Waals surface area contributed by atoms with Crippen LogP contribution in [0.5, 0.6) is 0 Å². The molecule has 1 saturated heterocycles. The molecule has 0 spiro atoms. The highest BCUT2D eigenvalue weighted by molar-refractivity contribution is 6.62. The molecule has 0 saturated carbocycles. The largest absolute Gasteiger partial charge is 0.494 e. The third-order valence-electron chi connectivity index (χ3n) is 6.96. The van der Waals surface area contributed by atoms with Gasteiger partial charge in [-0.05, 0) is 72.6 Å². The predicted octanol–water partition coefficient (Wildman–Crippen LogP) is 6.99. The minimum absolute atomic E-state index is 0.339. The third kappa shape index (κ3) is 4.15. The minimum atomic E-state index is -0.343. The van der Waals surface area contributed by atoms with E-state index in [0.717, 1.165) is 5.46 Å². The van der Waals surface area contributed by atoms with Crippen molar-refractivity contribution >= 4 is 12.6 Å². The van der Waals surface area contributed by atoms with Crippen molar-refractivity contribution in [3.05, 3.63) is 103 Å². The first kappa shape index (κ1) is 21.7. The maximum atomic E-state index is 6.22. The lowest BCUT2D eigenvalue weighted by atomic mass is 9.78. The first-order valence-electron chi connectivity index (χ1n) is 11.5. The molecule has 3 heteroatoms. The van der Waals surface area contributed by atoms with E-state index in [1.807, 2.05) is 0 Å². The molecule has 0 bridgehead atoms. The number of rotatable bonds is 4. The highest BCUT2D eigenvalue weighted by Gasteiger charge is 2.51. The molecule has 1 aliphatic rings. The molecule has 0 N–H and O–H groups in total. The van der Waals surface area contributed by atoms with E-state index in [1.165, 1.54) is 33.4 Å². The van der Waals surface area contributed by atoms with Gasteiger partial charge in [-0.1, -0.05) is 97.1 Å². The van der Waals surface area contributed by atoms with Gasteiger partial charge in [0.05, 0.1) is 11.2 Å². The van der Waals surface area contributed by atoms with Gasteiger partial charge in [-0.25, -0.2) is 0 Å². The second kappa shape index (κ2) is 8.33. The van der Waals surface area contributed by atoms with Crippen LogP contribution in [0, 0.1) is 0 Å². The zero-order chi connectivity index (χ0) is 23.1. The Morgan fingerprint density at radius 2 is 0.970 bits per heavy atom. The Labute approximate surface area is 197 Å². The van der Waals surface area contributed by atoms with Crippen LogP contribution in [0.1, 0.15) is 27.7 Å². The van der Waals surface area contributed by atoms with E-state index >= 15 is 0 Å². The van der Waals surface area contributed by atoms with Gasteiger partial charge in [0.1, 0.15) is 0 Å². The normalized spacial score (nSPS) is 16.7. The quantitative estimate of drug-likeness (QED) is 0.324. The molecule has 0 aliphatic carbocycles. The Morgan fingerprint density at radius 1 is 0.485 bits per heavy atom. The van der Waals surface area contributed by atoms with Crippen LogP contribution in [0.2, 0.25) is 0 Å². The summed E-state index contributed by atoms with van der Waals surface area (Å²) in [6.07, 6.45) is 0. The Balaban J connectivity index is 1.50. The average Bonchev–Trinajstić information content (AvgIpc) is 3.06. The molecule has 0 amide bonds. The van der Waals surface area contributed by atoms with Gasteiger partial charge >= 0.3 is 7.12 Å². The van der Waals surface area contributed by atoms with Crippen LogP contribution in [-0.2, 0) is 9.31 Å². The summed E-state index contributed by atoms with van der Waals surface area (Å²) < 4.78 is 12.4. The molecule has 0 aromatic heterocycles. The third-order valence-corrected chi connectivity index (χ3v) is 6.96. The highest BCUT2D eigenvalue weighted by atomic mass is 16.7. The van der Waals surface area contributed by atoms with Gasteiger partial charge < -0.3 is 9.31 Å². The lowest BCUT2D eigenvalue weighted by molar-refractivity contribution is 0.00578. The average molecular weight is 432 g/mol. The van der Waals surface area contributed by atoms with E-state index in [9.17, 15) is 0 Å². The summed E-state index contributed by atoms with van der Waals surface area (Å²) in [5.41, 5.74) is 7.63. The van der Waals surface area contributed by atoms with Crippen LogP contribution in [-0.4, -0.2) is 18.3 Å². The minimum Gasteiger partial charge on any atom is -0.399 e. The topological polar surface area (TPSA) is 18.5 Å². The molecular formula is C30H29BO2. The Morgan fingerprint density at radius 3 is 1.52 bits per heavy atom. The van der Waals surface area contributed by atoms with E-state index in [0.29, 0.717) is 0 Å². The maximum absolute atomic E-state index is 6.22. The zero-order valence-corrected chi connectivity index (χ0v) is 19.7. The summed E-state index contributed by atoms with van der Waals surface area (Å²) in [4.78, 5) is 0. The van der Waals surface area contributed by atoms with Crippen LogP contribution in [0.15, 0.2) is 103 Å². The molecule has 1 aliphatic heterocycles.